The Morgan fingerprint density at radius 2 is 2.24 bits per heavy atom. The minimum absolute atomic E-state index is 0.567. The zero-order valence-electron chi connectivity index (χ0n) is 11.3. The van der Waals surface area contributed by atoms with Crippen LogP contribution in [0.4, 0.5) is 5.13 Å². The summed E-state index contributed by atoms with van der Waals surface area (Å²) in [7, 11) is 0. The van der Waals surface area contributed by atoms with Crippen molar-refractivity contribution in [1.82, 2.24) is 10.3 Å². The second kappa shape index (κ2) is 5.36. The lowest BCUT2D eigenvalue weighted by Gasteiger charge is -2.25. The van der Waals surface area contributed by atoms with Gasteiger partial charge in [0, 0.05) is 30.1 Å². The second-order valence-corrected chi connectivity index (χ2v) is 6.37. The molecule has 2 heterocycles. The molecule has 2 rings (SSSR count). The number of aryl methyl sites for hydroxylation is 2. The third-order valence-corrected chi connectivity index (χ3v) is 4.51. The number of nitrogens with zero attached hydrogens (tertiary/aromatic N) is 2. The Labute approximate surface area is 108 Å². The van der Waals surface area contributed by atoms with Gasteiger partial charge >= 0.3 is 0 Å². The molecule has 0 spiro atoms. The summed E-state index contributed by atoms with van der Waals surface area (Å²) in [6, 6.07) is 1.19. The summed E-state index contributed by atoms with van der Waals surface area (Å²) in [5, 5.41) is 4.76. The van der Waals surface area contributed by atoms with E-state index < -0.39 is 0 Å². The maximum Gasteiger partial charge on any atom is 0.186 e. The Kier molecular flexibility index (Phi) is 4.05. The summed E-state index contributed by atoms with van der Waals surface area (Å²) >= 11 is 1.84. The quantitative estimate of drug-likeness (QED) is 0.894. The van der Waals surface area contributed by atoms with Crippen molar-refractivity contribution in [2.24, 2.45) is 0 Å². The molecule has 1 N–H and O–H groups in total. The van der Waals surface area contributed by atoms with Crippen molar-refractivity contribution in [2.45, 2.75) is 52.6 Å². The first-order valence-electron chi connectivity index (χ1n) is 6.52. The van der Waals surface area contributed by atoms with Crippen LogP contribution in [0.3, 0.4) is 0 Å². The van der Waals surface area contributed by atoms with E-state index in [0.29, 0.717) is 12.1 Å². The van der Waals surface area contributed by atoms with Gasteiger partial charge in [-0.25, -0.2) is 4.98 Å². The summed E-state index contributed by atoms with van der Waals surface area (Å²) in [5.41, 5.74) is 1.19. The Hall–Kier alpha value is -0.610. The minimum Gasteiger partial charge on any atom is -0.344 e. The van der Waals surface area contributed by atoms with Crippen molar-refractivity contribution >= 4 is 16.5 Å². The molecule has 0 bridgehead atoms. The monoisotopic (exact) mass is 253 g/mol. The Morgan fingerprint density at radius 1 is 1.47 bits per heavy atom. The predicted octanol–water partition coefficient (Wildman–Crippen LogP) is 2.73. The number of hydrogen-bond acceptors (Lipinski definition) is 4. The van der Waals surface area contributed by atoms with E-state index in [9.17, 15) is 0 Å². The molecule has 0 aromatic carbocycles. The van der Waals surface area contributed by atoms with E-state index in [1.165, 1.54) is 28.5 Å². The largest absolute Gasteiger partial charge is 0.344 e. The highest BCUT2D eigenvalue weighted by Gasteiger charge is 2.26. The van der Waals surface area contributed by atoms with E-state index in [1.807, 2.05) is 11.3 Å². The molecule has 1 aliphatic heterocycles. The lowest BCUT2D eigenvalue weighted by molar-refractivity contribution is 0.523. The fourth-order valence-corrected chi connectivity index (χ4v) is 3.26. The van der Waals surface area contributed by atoms with Crippen molar-refractivity contribution in [3.63, 3.8) is 0 Å². The van der Waals surface area contributed by atoms with Gasteiger partial charge in [0.25, 0.3) is 0 Å². The number of nitrogens with one attached hydrogen (secondary N) is 1. The minimum atomic E-state index is 0.567. The number of aromatic nitrogens is 1. The molecule has 96 valence electrons. The summed E-state index contributed by atoms with van der Waals surface area (Å²) in [4.78, 5) is 8.52. The first-order chi connectivity index (χ1) is 8.08. The topological polar surface area (TPSA) is 28.2 Å². The average Bonchev–Trinajstić information content (AvgIpc) is 2.83. The molecule has 0 radical (unpaired) electrons. The molecule has 1 saturated heterocycles. The van der Waals surface area contributed by atoms with Gasteiger partial charge < -0.3 is 10.2 Å². The molecular weight excluding hydrogens is 230 g/mol. The Bertz CT molecular complexity index is 353. The molecule has 1 atom stereocenters. The zero-order valence-corrected chi connectivity index (χ0v) is 12.1. The molecule has 1 unspecified atom stereocenters. The molecule has 4 heteroatoms. The van der Waals surface area contributed by atoms with Crippen LogP contribution in [0.15, 0.2) is 0 Å². The van der Waals surface area contributed by atoms with Gasteiger partial charge in [0.2, 0.25) is 0 Å². The molecular formula is C13H23N3S. The normalized spacial score (nSPS) is 20.5. The highest BCUT2D eigenvalue weighted by molar-refractivity contribution is 7.15. The molecule has 0 aliphatic carbocycles. The first-order valence-corrected chi connectivity index (χ1v) is 7.33. The van der Waals surface area contributed by atoms with Crippen LogP contribution in [-0.2, 0) is 0 Å². The first kappa shape index (κ1) is 12.8. The van der Waals surface area contributed by atoms with Crippen LogP contribution in [0.5, 0.6) is 0 Å². The Balaban J connectivity index is 2.03. The van der Waals surface area contributed by atoms with E-state index in [4.69, 9.17) is 0 Å². The van der Waals surface area contributed by atoms with E-state index in [0.717, 1.165) is 13.1 Å². The standard InChI is InChI=1S/C13H23N3S/c1-9(2)14-8-12-6-5-7-16(12)13-15-10(3)11(4)17-13/h9,12,14H,5-8H2,1-4H3. The summed E-state index contributed by atoms with van der Waals surface area (Å²) in [6.45, 7) is 10.9. The molecule has 3 nitrogen and oxygen atoms in total. The third-order valence-electron chi connectivity index (χ3n) is 3.40. The van der Waals surface area contributed by atoms with E-state index in [-0.39, 0.29) is 0 Å². The maximum atomic E-state index is 4.69. The number of rotatable bonds is 4. The van der Waals surface area contributed by atoms with Crippen LogP contribution in [0.25, 0.3) is 0 Å². The molecule has 1 aromatic heterocycles. The lowest BCUT2D eigenvalue weighted by Crippen LogP contribution is -2.40. The summed E-state index contributed by atoms with van der Waals surface area (Å²) in [6.07, 6.45) is 2.58. The van der Waals surface area contributed by atoms with E-state index >= 15 is 0 Å². The van der Waals surface area contributed by atoms with Gasteiger partial charge in [-0.15, -0.1) is 11.3 Å². The number of thiazole rings is 1. The van der Waals surface area contributed by atoms with Crippen LogP contribution < -0.4 is 10.2 Å². The second-order valence-electron chi connectivity index (χ2n) is 5.19. The number of hydrogen-bond donors (Lipinski definition) is 1. The van der Waals surface area contributed by atoms with Crippen molar-refractivity contribution in [1.29, 1.82) is 0 Å². The molecule has 1 fully saturated rings. The predicted molar refractivity (Wildman–Crippen MR) is 75.1 cm³/mol. The van der Waals surface area contributed by atoms with E-state index in [2.05, 4.69) is 42.9 Å². The van der Waals surface area contributed by atoms with Crippen molar-refractivity contribution in [2.75, 3.05) is 18.0 Å². The highest BCUT2D eigenvalue weighted by Crippen LogP contribution is 2.30. The van der Waals surface area contributed by atoms with Crippen molar-refractivity contribution in [3.8, 4) is 0 Å². The van der Waals surface area contributed by atoms with Gasteiger partial charge in [-0.05, 0) is 26.7 Å². The van der Waals surface area contributed by atoms with Crippen LogP contribution in [-0.4, -0.2) is 30.2 Å². The molecule has 1 aromatic rings. The molecule has 0 saturated carbocycles. The SMILES string of the molecule is Cc1nc(N2CCCC2CNC(C)C)sc1C. The van der Waals surface area contributed by atoms with Crippen LogP contribution in [0, 0.1) is 13.8 Å². The van der Waals surface area contributed by atoms with Crippen molar-refractivity contribution < 1.29 is 0 Å². The maximum absolute atomic E-state index is 4.69. The van der Waals surface area contributed by atoms with Gasteiger partial charge in [0.1, 0.15) is 0 Å². The number of anilines is 1. The molecule has 0 amide bonds. The third kappa shape index (κ3) is 2.99. The van der Waals surface area contributed by atoms with Crippen molar-refractivity contribution in [3.05, 3.63) is 10.6 Å². The zero-order chi connectivity index (χ0) is 12.4. The molecule has 17 heavy (non-hydrogen) atoms. The fraction of sp³-hybridized carbons (Fsp3) is 0.769. The smallest absolute Gasteiger partial charge is 0.186 e. The lowest BCUT2D eigenvalue weighted by atomic mass is 10.2. The van der Waals surface area contributed by atoms with Crippen LogP contribution in [0.1, 0.15) is 37.3 Å². The Morgan fingerprint density at radius 3 is 2.82 bits per heavy atom. The van der Waals surface area contributed by atoms with Crippen LogP contribution >= 0.6 is 11.3 Å². The fourth-order valence-electron chi connectivity index (χ4n) is 2.25. The van der Waals surface area contributed by atoms with Gasteiger partial charge in [-0.2, -0.15) is 0 Å². The van der Waals surface area contributed by atoms with E-state index in [1.54, 1.807) is 0 Å². The average molecular weight is 253 g/mol. The van der Waals surface area contributed by atoms with Gasteiger partial charge in [0.15, 0.2) is 5.13 Å². The van der Waals surface area contributed by atoms with Gasteiger partial charge in [-0.3, -0.25) is 0 Å². The van der Waals surface area contributed by atoms with Gasteiger partial charge in [0.05, 0.1) is 5.69 Å². The molecule has 1 aliphatic rings. The van der Waals surface area contributed by atoms with Crippen LogP contribution in [0.2, 0.25) is 0 Å². The summed E-state index contributed by atoms with van der Waals surface area (Å²) < 4.78 is 0. The highest BCUT2D eigenvalue weighted by atomic mass is 32.1. The van der Waals surface area contributed by atoms with Gasteiger partial charge in [-0.1, -0.05) is 13.8 Å². The summed E-state index contributed by atoms with van der Waals surface area (Å²) in [5.74, 6) is 0.